The van der Waals surface area contributed by atoms with Crippen LogP contribution < -0.4 is 4.90 Å². The molecule has 7 heteroatoms. The molecule has 0 bridgehead atoms. The van der Waals surface area contributed by atoms with Crippen LogP contribution in [0, 0.1) is 6.92 Å². The summed E-state index contributed by atoms with van der Waals surface area (Å²) in [7, 11) is 1.84. The van der Waals surface area contributed by atoms with Crippen LogP contribution in [0.5, 0.6) is 0 Å². The largest absolute Gasteiger partial charge is 0.359 e. The van der Waals surface area contributed by atoms with Crippen molar-refractivity contribution in [3.63, 3.8) is 0 Å². The maximum atomic E-state index is 12.6. The number of likely N-dealkylation sites (tertiary alicyclic amines) is 1. The highest BCUT2D eigenvalue weighted by atomic mass is 16.5. The van der Waals surface area contributed by atoms with Gasteiger partial charge in [-0.3, -0.25) is 9.78 Å². The quantitative estimate of drug-likeness (QED) is 0.853. The summed E-state index contributed by atoms with van der Waals surface area (Å²) in [5.74, 6) is 1.51. The molecule has 1 fully saturated rings. The van der Waals surface area contributed by atoms with E-state index in [1.165, 1.54) is 0 Å². The van der Waals surface area contributed by atoms with E-state index in [0.717, 1.165) is 30.8 Å². The molecular formula is C15H19N5O2. The molecular weight excluding hydrogens is 282 g/mol. The average Bonchev–Trinajstić information content (AvgIpc) is 3.16. The molecule has 116 valence electrons. The first-order valence-corrected chi connectivity index (χ1v) is 7.35. The fourth-order valence-electron chi connectivity index (χ4n) is 2.76. The molecule has 1 aliphatic rings. The molecule has 2 aromatic rings. The number of anilines is 1. The molecule has 3 rings (SSSR count). The standard InChI is InChI=1S/C15H19N5O2/c1-11-8-13(22-18-11)12-4-3-7-20(12)15(21)10-19(2)14-9-16-5-6-17-14/h5-6,8-9,12H,3-4,7,10H2,1-2H3/t12-/m1/s1. The van der Waals surface area contributed by atoms with E-state index in [1.807, 2.05) is 24.9 Å². The van der Waals surface area contributed by atoms with E-state index in [2.05, 4.69) is 15.1 Å². The molecule has 2 aromatic heterocycles. The number of carbonyl (C=O) groups is 1. The molecule has 1 amide bonds. The van der Waals surface area contributed by atoms with Crippen LogP contribution in [0.25, 0.3) is 0 Å². The fourth-order valence-corrected chi connectivity index (χ4v) is 2.76. The lowest BCUT2D eigenvalue weighted by Crippen LogP contribution is -2.38. The van der Waals surface area contributed by atoms with Gasteiger partial charge >= 0.3 is 0 Å². The number of aromatic nitrogens is 3. The van der Waals surface area contributed by atoms with Crippen molar-refractivity contribution in [2.45, 2.75) is 25.8 Å². The van der Waals surface area contributed by atoms with E-state index in [1.54, 1.807) is 23.5 Å². The second-order valence-electron chi connectivity index (χ2n) is 5.54. The number of hydrogen-bond donors (Lipinski definition) is 0. The van der Waals surface area contributed by atoms with Gasteiger partial charge in [0.1, 0.15) is 5.82 Å². The number of amides is 1. The second kappa shape index (κ2) is 6.13. The van der Waals surface area contributed by atoms with Crippen LogP contribution in [0.4, 0.5) is 5.82 Å². The minimum atomic E-state index is -0.0102. The Balaban J connectivity index is 1.69. The minimum Gasteiger partial charge on any atom is -0.359 e. The van der Waals surface area contributed by atoms with E-state index in [0.29, 0.717) is 5.82 Å². The second-order valence-corrected chi connectivity index (χ2v) is 5.54. The number of aryl methyl sites for hydroxylation is 1. The highest BCUT2D eigenvalue weighted by molar-refractivity contribution is 5.81. The molecule has 0 aliphatic carbocycles. The van der Waals surface area contributed by atoms with Crippen molar-refractivity contribution in [1.82, 2.24) is 20.0 Å². The molecule has 0 spiro atoms. The van der Waals surface area contributed by atoms with Crippen LogP contribution in [0.2, 0.25) is 0 Å². The zero-order chi connectivity index (χ0) is 15.5. The van der Waals surface area contributed by atoms with Crippen molar-refractivity contribution in [1.29, 1.82) is 0 Å². The van der Waals surface area contributed by atoms with Gasteiger partial charge in [-0.15, -0.1) is 0 Å². The number of carbonyl (C=O) groups excluding carboxylic acids is 1. The SMILES string of the molecule is Cc1cc([C@H]2CCCN2C(=O)CN(C)c2cnccn2)on1. The molecule has 1 atom stereocenters. The van der Waals surface area contributed by atoms with Gasteiger partial charge in [0.05, 0.1) is 24.5 Å². The summed E-state index contributed by atoms with van der Waals surface area (Å²) in [4.78, 5) is 24.5. The molecule has 0 aromatic carbocycles. The van der Waals surface area contributed by atoms with Gasteiger partial charge in [0.15, 0.2) is 5.76 Å². The first kappa shape index (κ1) is 14.5. The Kier molecular flexibility index (Phi) is 4.04. The maximum absolute atomic E-state index is 12.6. The number of hydrogen-bond acceptors (Lipinski definition) is 6. The Hall–Kier alpha value is -2.44. The van der Waals surface area contributed by atoms with Crippen molar-refractivity contribution >= 4 is 11.7 Å². The maximum Gasteiger partial charge on any atom is 0.242 e. The van der Waals surface area contributed by atoms with Gasteiger partial charge in [0.2, 0.25) is 5.91 Å². The van der Waals surface area contributed by atoms with Gasteiger partial charge in [0, 0.05) is 32.1 Å². The van der Waals surface area contributed by atoms with E-state index in [4.69, 9.17) is 4.52 Å². The monoisotopic (exact) mass is 301 g/mol. The average molecular weight is 301 g/mol. The first-order valence-electron chi connectivity index (χ1n) is 7.35. The molecule has 0 unspecified atom stereocenters. The van der Waals surface area contributed by atoms with Crippen molar-refractivity contribution in [3.8, 4) is 0 Å². The summed E-state index contributed by atoms with van der Waals surface area (Å²) in [6, 6.07) is 1.90. The third kappa shape index (κ3) is 2.93. The third-order valence-electron chi connectivity index (χ3n) is 3.86. The summed E-state index contributed by atoms with van der Waals surface area (Å²) in [5, 5.41) is 3.92. The molecule has 7 nitrogen and oxygen atoms in total. The Morgan fingerprint density at radius 2 is 2.36 bits per heavy atom. The summed E-state index contributed by atoms with van der Waals surface area (Å²) in [5.41, 5.74) is 0.839. The summed E-state index contributed by atoms with van der Waals surface area (Å²) in [6.45, 7) is 2.90. The van der Waals surface area contributed by atoms with Crippen LogP contribution in [0.15, 0.2) is 29.2 Å². The van der Waals surface area contributed by atoms with Crippen molar-refractivity contribution < 1.29 is 9.32 Å². The van der Waals surface area contributed by atoms with Crippen LogP contribution >= 0.6 is 0 Å². The minimum absolute atomic E-state index is 0.0102. The fraction of sp³-hybridized carbons (Fsp3) is 0.467. The Labute approximate surface area is 128 Å². The lowest BCUT2D eigenvalue weighted by atomic mass is 10.1. The molecule has 1 saturated heterocycles. The predicted molar refractivity (Wildman–Crippen MR) is 80.2 cm³/mol. The van der Waals surface area contributed by atoms with E-state index in [9.17, 15) is 4.79 Å². The van der Waals surface area contributed by atoms with Crippen LogP contribution in [0.3, 0.4) is 0 Å². The number of nitrogens with zero attached hydrogens (tertiary/aromatic N) is 5. The molecule has 3 heterocycles. The summed E-state index contributed by atoms with van der Waals surface area (Å²) < 4.78 is 5.34. The lowest BCUT2D eigenvalue weighted by molar-refractivity contribution is -0.130. The van der Waals surface area contributed by atoms with Gasteiger partial charge < -0.3 is 14.3 Å². The first-order chi connectivity index (χ1) is 10.6. The van der Waals surface area contributed by atoms with Gasteiger partial charge in [-0.1, -0.05) is 5.16 Å². The van der Waals surface area contributed by atoms with Crippen molar-refractivity contribution in [2.24, 2.45) is 0 Å². The third-order valence-corrected chi connectivity index (χ3v) is 3.86. The van der Waals surface area contributed by atoms with Gasteiger partial charge in [-0.05, 0) is 19.8 Å². The topological polar surface area (TPSA) is 75.4 Å². The lowest BCUT2D eigenvalue weighted by Gasteiger charge is -2.25. The molecule has 0 N–H and O–H groups in total. The number of likely N-dealkylation sites (N-methyl/N-ethyl adjacent to an activating group) is 1. The predicted octanol–water partition coefficient (Wildman–Crippen LogP) is 1.57. The molecule has 0 saturated carbocycles. The van der Waals surface area contributed by atoms with Crippen LogP contribution in [-0.2, 0) is 4.79 Å². The molecule has 1 aliphatic heterocycles. The van der Waals surface area contributed by atoms with E-state index >= 15 is 0 Å². The smallest absolute Gasteiger partial charge is 0.242 e. The van der Waals surface area contributed by atoms with Gasteiger partial charge in [0.25, 0.3) is 0 Å². The van der Waals surface area contributed by atoms with Crippen molar-refractivity contribution in [2.75, 3.05) is 25.0 Å². The van der Waals surface area contributed by atoms with Crippen molar-refractivity contribution in [3.05, 3.63) is 36.1 Å². The zero-order valence-corrected chi connectivity index (χ0v) is 12.8. The van der Waals surface area contributed by atoms with E-state index < -0.39 is 0 Å². The summed E-state index contributed by atoms with van der Waals surface area (Å²) >= 11 is 0. The highest BCUT2D eigenvalue weighted by Gasteiger charge is 2.32. The Morgan fingerprint density at radius 3 is 3.05 bits per heavy atom. The van der Waals surface area contributed by atoms with Gasteiger partial charge in [-0.2, -0.15) is 0 Å². The Morgan fingerprint density at radius 1 is 1.50 bits per heavy atom. The summed E-state index contributed by atoms with van der Waals surface area (Å²) in [6.07, 6.45) is 6.77. The Bertz CT molecular complexity index is 642. The van der Waals surface area contributed by atoms with Gasteiger partial charge in [-0.25, -0.2) is 4.98 Å². The van der Waals surface area contributed by atoms with Crippen LogP contribution in [0.1, 0.15) is 30.3 Å². The highest BCUT2D eigenvalue weighted by Crippen LogP contribution is 2.32. The van der Waals surface area contributed by atoms with E-state index in [-0.39, 0.29) is 18.5 Å². The molecule has 22 heavy (non-hydrogen) atoms. The normalized spacial score (nSPS) is 17.7. The number of rotatable bonds is 4. The molecule has 0 radical (unpaired) electrons. The zero-order valence-electron chi connectivity index (χ0n) is 12.8. The van der Waals surface area contributed by atoms with Crippen LogP contribution in [-0.4, -0.2) is 46.1 Å².